The van der Waals surface area contributed by atoms with E-state index in [2.05, 4.69) is 27.8 Å². The average Bonchev–Trinajstić information content (AvgIpc) is 2.90. The summed E-state index contributed by atoms with van der Waals surface area (Å²) in [5.74, 6) is -0.798. The third-order valence-corrected chi connectivity index (χ3v) is 4.51. The van der Waals surface area contributed by atoms with E-state index in [1.807, 2.05) is 13.8 Å². The first kappa shape index (κ1) is 16.5. The highest BCUT2D eigenvalue weighted by molar-refractivity contribution is 7.80. The third-order valence-electron chi connectivity index (χ3n) is 3.38. The predicted octanol–water partition coefficient (Wildman–Crippen LogP) is 4.18. The van der Waals surface area contributed by atoms with Crippen molar-refractivity contribution in [1.29, 1.82) is 0 Å². The molecule has 0 radical (unpaired) electrons. The summed E-state index contributed by atoms with van der Waals surface area (Å²) < 4.78 is 13.9. The Kier molecular flexibility index (Phi) is 4.55. The number of benzene rings is 2. The van der Waals surface area contributed by atoms with Crippen LogP contribution >= 0.6 is 23.6 Å². The summed E-state index contributed by atoms with van der Waals surface area (Å²) in [5, 5.41) is 6.25. The summed E-state index contributed by atoms with van der Waals surface area (Å²) >= 11 is 6.62. The van der Waals surface area contributed by atoms with Crippen LogP contribution in [-0.2, 0) is 0 Å². The fourth-order valence-corrected chi connectivity index (χ4v) is 3.63. The number of halogens is 1. The Balaban J connectivity index is 1.71. The van der Waals surface area contributed by atoms with Crippen molar-refractivity contribution < 1.29 is 9.18 Å². The molecule has 4 nitrogen and oxygen atoms in total. The fourth-order valence-electron chi connectivity index (χ4n) is 2.33. The van der Waals surface area contributed by atoms with Crippen LogP contribution < -0.4 is 10.6 Å². The molecule has 0 saturated heterocycles. The van der Waals surface area contributed by atoms with E-state index in [1.54, 1.807) is 0 Å². The third kappa shape index (κ3) is 3.58. The van der Waals surface area contributed by atoms with Crippen LogP contribution in [-0.4, -0.2) is 16.0 Å². The van der Waals surface area contributed by atoms with E-state index in [9.17, 15) is 9.18 Å². The second kappa shape index (κ2) is 6.62. The molecule has 0 aliphatic rings. The van der Waals surface area contributed by atoms with Gasteiger partial charge in [0.1, 0.15) is 5.82 Å². The molecule has 7 heteroatoms. The van der Waals surface area contributed by atoms with E-state index in [4.69, 9.17) is 12.2 Å². The number of fused-ring (bicyclic) bond motifs is 1. The standard InChI is InChI=1S/C17H14FN3OS2/c1-9-7-10(2)14-13(8-9)24-17(19-14)21-16(23)20-15(22)11-3-5-12(18)6-4-11/h3-8H,1-2H3,(H2,19,20,21,22,23). The number of amides is 1. The molecule has 2 aromatic carbocycles. The minimum Gasteiger partial charge on any atom is -0.308 e. The topological polar surface area (TPSA) is 54.0 Å². The van der Waals surface area contributed by atoms with Crippen molar-refractivity contribution in [3.8, 4) is 0 Å². The lowest BCUT2D eigenvalue weighted by molar-refractivity contribution is 0.0977. The second-order valence-electron chi connectivity index (χ2n) is 5.36. The lowest BCUT2D eigenvalue weighted by Crippen LogP contribution is -2.34. The number of anilines is 1. The molecule has 1 aromatic heterocycles. The van der Waals surface area contributed by atoms with Gasteiger partial charge in [-0.25, -0.2) is 9.37 Å². The Hall–Kier alpha value is -2.38. The van der Waals surface area contributed by atoms with Gasteiger partial charge in [0, 0.05) is 5.56 Å². The molecule has 0 fully saturated rings. The molecule has 0 saturated carbocycles. The molecule has 122 valence electrons. The number of hydrogen-bond acceptors (Lipinski definition) is 4. The minimum atomic E-state index is -0.402. The highest BCUT2D eigenvalue weighted by atomic mass is 32.1. The molecular formula is C17H14FN3OS2. The van der Waals surface area contributed by atoms with Gasteiger partial charge in [0.25, 0.3) is 5.91 Å². The van der Waals surface area contributed by atoms with Gasteiger partial charge in [0.2, 0.25) is 0 Å². The SMILES string of the molecule is Cc1cc(C)c2nc(NC(=S)NC(=O)c3ccc(F)cc3)sc2c1. The molecule has 0 aliphatic carbocycles. The molecule has 0 bridgehead atoms. The minimum absolute atomic E-state index is 0.151. The maximum absolute atomic E-state index is 12.9. The normalized spacial score (nSPS) is 10.6. The molecule has 1 amide bonds. The molecule has 3 rings (SSSR count). The van der Waals surface area contributed by atoms with Crippen LogP contribution in [0.5, 0.6) is 0 Å². The zero-order valence-corrected chi connectivity index (χ0v) is 14.6. The highest BCUT2D eigenvalue weighted by Crippen LogP contribution is 2.29. The van der Waals surface area contributed by atoms with Gasteiger partial charge < -0.3 is 5.32 Å². The quantitative estimate of drug-likeness (QED) is 0.674. The van der Waals surface area contributed by atoms with Gasteiger partial charge in [-0.15, -0.1) is 0 Å². The number of nitrogens with one attached hydrogen (secondary N) is 2. The Morgan fingerprint density at radius 3 is 2.62 bits per heavy atom. The first-order valence-corrected chi connectivity index (χ1v) is 8.40. The largest absolute Gasteiger partial charge is 0.308 e. The number of aromatic nitrogens is 1. The van der Waals surface area contributed by atoms with E-state index < -0.39 is 11.7 Å². The van der Waals surface area contributed by atoms with Gasteiger partial charge in [0.05, 0.1) is 10.2 Å². The number of nitrogens with zero attached hydrogens (tertiary/aromatic N) is 1. The summed E-state index contributed by atoms with van der Waals surface area (Å²) in [6.07, 6.45) is 0. The number of hydrogen-bond donors (Lipinski definition) is 2. The Morgan fingerprint density at radius 1 is 1.21 bits per heavy atom. The van der Waals surface area contributed by atoms with Crippen molar-refractivity contribution in [2.75, 3.05) is 5.32 Å². The van der Waals surface area contributed by atoms with Gasteiger partial charge >= 0.3 is 0 Å². The van der Waals surface area contributed by atoms with Crippen LogP contribution in [0.25, 0.3) is 10.2 Å². The van der Waals surface area contributed by atoms with Crippen molar-refractivity contribution in [3.05, 3.63) is 58.9 Å². The van der Waals surface area contributed by atoms with Gasteiger partial charge in [0.15, 0.2) is 10.2 Å². The van der Waals surface area contributed by atoms with Crippen molar-refractivity contribution >= 4 is 49.9 Å². The van der Waals surface area contributed by atoms with Crippen molar-refractivity contribution in [2.24, 2.45) is 0 Å². The Bertz CT molecular complexity index is 935. The molecule has 3 aromatic rings. The summed E-state index contributed by atoms with van der Waals surface area (Å²) in [6, 6.07) is 9.38. The molecule has 0 aliphatic heterocycles. The van der Waals surface area contributed by atoms with E-state index >= 15 is 0 Å². The Morgan fingerprint density at radius 2 is 1.92 bits per heavy atom. The predicted molar refractivity (Wildman–Crippen MR) is 99.2 cm³/mol. The van der Waals surface area contributed by atoms with Crippen LogP contribution in [0.15, 0.2) is 36.4 Å². The monoisotopic (exact) mass is 359 g/mol. The summed E-state index contributed by atoms with van der Waals surface area (Å²) in [5.41, 5.74) is 3.51. The molecule has 0 spiro atoms. The maximum Gasteiger partial charge on any atom is 0.257 e. The van der Waals surface area contributed by atoms with E-state index in [-0.39, 0.29) is 5.11 Å². The fraction of sp³-hybridized carbons (Fsp3) is 0.118. The number of rotatable bonds is 2. The van der Waals surface area contributed by atoms with Gasteiger partial charge in [-0.2, -0.15) is 0 Å². The van der Waals surface area contributed by atoms with Crippen LogP contribution in [0.1, 0.15) is 21.5 Å². The van der Waals surface area contributed by atoms with Crippen molar-refractivity contribution in [2.45, 2.75) is 13.8 Å². The van der Waals surface area contributed by atoms with Crippen molar-refractivity contribution in [1.82, 2.24) is 10.3 Å². The van der Waals surface area contributed by atoms with E-state index in [1.165, 1.54) is 41.2 Å². The van der Waals surface area contributed by atoms with Crippen molar-refractivity contribution in [3.63, 3.8) is 0 Å². The molecule has 2 N–H and O–H groups in total. The summed E-state index contributed by atoms with van der Waals surface area (Å²) in [6.45, 7) is 4.04. The summed E-state index contributed by atoms with van der Waals surface area (Å²) in [4.78, 5) is 16.6. The van der Waals surface area contributed by atoms with Crippen LogP contribution in [0.4, 0.5) is 9.52 Å². The van der Waals surface area contributed by atoms with Gasteiger partial charge in [-0.1, -0.05) is 17.4 Å². The Labute approximate surface area is 147 Å². The van der Waals surface area contributed by atoms with Gasteiger partial charge in [-0.3, -0.25) is 10.1 Å². The molecule has 24 heavy (non-hydrogen) atoms. The number of thiocarbonyl (C=S) groups is 1. The zero-order chi connectivity index (χ0) is 17.3. The van der Waals surface area contributed by atoms with Crippen LogP contribution in [0, 0.1) is 19.7 Å². The summed E-state index contributed by atoms with van der Waals surface area (Å²) in [7, 11) is 0. The van der Waals surface area contributed by atoms with E-state index in [0.717, 1.165) is 15.8 Å². The average molecular weight is 359 g/mol. The number of aryl methyl sites for hydroxylation is 2. The molecule has 0 unspecified atom stereocenters. The second-order valence-corrected chi connectivity index (χ2v) is 6.80. The zero-order valence-electron chi connectivity index (χ0n) is 13.0. The molecule has 0 atom stereocenters. The van der Waals surface area contributed by atoms with E-state index in [0.29, 0.717) is 10.7 Å². The lowest BCUT2D eigenvalue weighted by Gasteiger charge is -2.07. The lowest BCUT2D eigenvalue weighted by atomic mass is 10.1. The molecular weight excluding hydrogens is 345 g/mol. The van der Waals surface area contributed by atoms with Crippen LogP contribution in [0.3, 0.4) is 0 Å². The number of thiazole rings is 1. The first-order chi connectivity index (χ1) is 11.4. The van der Waals surface area contributed by atoms with Crippen LogP contribution in [0.2, 0.25) is 0 Å². The number of carbonyl (C=O) groups excluding carboxylic acids is 1. The first-order valence-electron chi connectivity index (χ1n) is 7.18. The maximum atomic E-state index is 12.9. The smallest absolute Gasteiger partial charge is 0.257 e. The molecule has 1 heterocycles. The number of carbonyl (C=O) groups is 1. The highest BCUT2D eigenvalue weighted by Gasteiger charge is 2.11. The van der Waals surface area contributed by atoms with Gasteiger partial charge in [-0.05, 0) is 67.5 Å².